The van der Waals surface area contributed by atoms with Gasteiger partial charge < -0.3 is 5.11 Å². The van der Waals surface area contributed by atoms with Crippen LogP contribution in [-0.2, 0) is 0 Å². The summed E-state index contributed by atoms with van der Waals surface area (Å²) in [5, 5.41) is 14.8. The van der Waals surface area contributed by atoms with Crippen LogP contribution in [0, 0.1) is 11.8 Å². The van der Waals surface area contributed by atoms with E-state index in [9.17, 15) is 10.0 Å². The van der Waals surface area contributed by atoms with Crippen molar-refractivity contribution in [2.75, 3.05) is 11.6 Å². The van der Waals surface area contributed by atoms with E-state index >= 15 is 0 Å². The van der Waals surface area contributed by atoms with Gasteiger partial charge in [0.05, 0.1) is 17.5 Å². The zero-order chi connectivity index (χ0) is 14.5. The van der Waals surface area contributed by atoms with Crippen LogP contribution < -0.4 is 5.01 Å². The zero-order valence-electron chi connectivity index (χ0n) is 10.9. The van der Waals surface area contributed by atoms with Crippen molar-refractivity contribution in [1.82, 2.24) is 4.98 Å². The summed E-state index contributed by atoms with van der Waals surface area (Å²) in [5.74, 6) is 0. The number of benzene rings is 1. The molecule has 0 aliphatic carbocycles. The summed E-state index contributed by atoms with van der Waals surface area (Å²) in [7, 11) is 0. The molecule has 2 aromatic rings. The summed E-state index contributed by atoms with van der Waals surface area (Å²) in [6.45, 7) is 1.92. The van der Waals surface area contributed by atoms with Crippen LogP contribution in [0.2, 0.25) is 5.02 Å². The summed E-state index contributed by atoms with van der Waals surface area (Å²) < 4.78 is 0. The second-order valence-electron chi connectivity index (χ2n) is 4.39. The van der Waals surface area contributed by atoms with E-state index in [0.717, 1.165) is 5.69 Å². The van der Waals surface area contributed by atoms with Gasteiger partial charge in [-0.1, -0.05) is 17.7 Å². The third-order valence-corrected chi connectivity index (χ3v) is 3.14. The highest BCUT2D eigenvalue weighted by atomic mass is 35.5. The van der Waals surface area contributed by atoms with Crippen LogP contribution in [0.1, 0.15) is 17.4 Å². The van der Waals surface area contributed by atoms with Gasteiger partial charge in [0.1, 0.15) is 6.10 Å². The molecule has 2 rings (SSSR count). The third kappa shape index (κ3) is 3.53. The lowest BCUT2D eigenvalue weighted by Gasteiger charge is -2.19. The van der Waals surface area contributed by atoms with E-state index in [4.69, 9.17) is 11.6 Å². The van der Waals surface area contributed by atoms with E-state index in [1.165, 1.54) is 5.01 Å². The highest BCUT2D eigenvalue weighted by Crippen LogP contribution is 2.21. The molecule has 1 aromatic carbocycles. The van der Waals surface area contributed by atoms with Crippen molar-refractivity contribution in [3.05, 3.63) is 63.8 Å². The molecule has 1 atom stereocenters. The Hall–Kier alpha value is -1.98. The smallest absolute Gasteiger partial charge is 0.100 e. The maximum Gasteiger partial charge on any atom is 0.100 e. The van der Waals surface area contributed by atoms with Gasteiger partial charge in [-0.05, 0) is 37.3 Å². The first-order valence-corrected chi connectivity index (χ1v) is 6.45. The van der Waals surface area contributed by atoms with Crippen LogP contribution in [0.4, 0.5) is 5.69 Å². The Kier molecular flexibility index (Phi) is 4.65. The number of aliphatic hydroxyl groups excluding tert-OH is 1. The summed E-state index contributed by atoms with van der Waals surface area (Å²) in [6.07, 6.45) is 0.738. The van der Waals surface area contributed by atoms with E-state index < -0.39 is 6.10 Å². The molecule has 1 unspecified atom stereocenters. The molecule has 0 saturated carbocycles. The Labute approximate surface area is 121 Å². The second kappa shape index (κ2) is 6.45. The fourth-order valence-corrected chi connectivity index (χ4v) is 1.87. The molecule has 0 aliphatic heterocycles. The number of nitrogens with zero attached hydrogens (tertiary/aromatic N) is 3. The zero-order valence-corrected chi connectivity index (χ0v) is 11.7. The second-order valence-corrected chi connectivity index (χ2v) is 4.83. The molecule has 5 nitrogen and oxygen atoms in total. The molecule has 1 heterocycles. The predicted molar refractivity (Wildman–Crippen MR) is 78.5 cm³/mol. The third-order valence-electron chi connectivity index (χ3n) is 2.89. The number of hydrogen-bond acceptors (Lipinski definition) is 4. The lowest BCUT2D eigenvalue weighted by Crippen LogP contribution is -2.22. The molecule has 0 spiro atoms. The van der Waals surface area contributed by atoms with Crippen LogP contribution in [0.5, 0.6) is 0 Å². The number of nitroso groups, excluding NO2 is 1. The molecule has 6 heteroatoms. The van der Waals surface area contributed by atoms with E-state index in [0.29, 0.717) is 16.3 Å². The lowest BCUT2D eigenvalue weighted by molar-refractivity contribution is 0.183. The number of aryl methyl sites for hydroxylation is 1. The topological polar surface area (TPSA) is 65.8 Å². The molecule has 20 heavy (non-hydrogen) atoms. The first-order valence-electron chi connectivity index (χ1n) is 6.07. The highest BCUT2D eigenvalue weighted by molar-refractivity contribution is 6.30. The number of hydrogen-bond donors (Lipinski definition) is 1. The van der Waals surface area contributed by atoms with Gasteiger partial charge in [0.15, 0.2) is 0 Å². The molecule has 0 saturated heterocycles. The molecular formula is C14H14ClN3O2. The molecule has 1 aromatic heterocycles. The minimum atomic E-state index is -0.850. The number of anilines is 1. The number of rotatable bonds is 5. The van der Waals surface area contributed by atoms with Crippen LogP contribution >= 0.6 is 11.6 Å². The quantitative estimate of drug-likeness (QED) is 0.678. The van der Waals surface area contributed by atoms with E-state index in [-0.39, 0.29) is 6.54 Å². The fraction of sp³-hybridized carbons (Fsp3) is 0.214. The monoisotopic (exact) mass is 291 g/mol. The van der Waals surface area contributed by atoms with Gasteiger partial charge in [-0.25, -0.2) is 5.01 Å². The predicted octanol–water partition coefficient (Wildman–Crippen LogP) is 3.26. The van der Waals surface area contributed by atoms with Crippen LogP contribution in [0.15, 0.2) is 47.9 Å². The van der Waals surface area contributed by atoms with E-state index in [1.807, 2.05) is 6.92 Å². The average molecular weight is 292 g/mol. The van der Waals surface area contributed by atoms with Crippen molar-refractivity contribution in [1.29, 1.82) is 0 Å². The molecule has 0 bridgehead atoms. The van der Waals surface area contributed by atoms with Gasteiger partial charge in [-0.15, -0.1) is 4.91 Å². The first kappa shape index (κ1) is 14.4. The SMILES string of the molecule is Cc1ccc(C(O)CN(N=O)c2ccc(Cl)cc2)cn1. The minimum Gasteiger partial charge on any atom is -0.386 e. The molecular weight excluding hydrogens is 278 g/mol. The Morgan fingerprint density at radius 1 is 1.30 bits per heavy atom. The van der Waals surface area contributed by atoms with Crippen LogP contribution in [0.25, 0.3) is 0 Å². The summed E-state index contributed by atoms with van der Waals surface area (Å²) in [6, 6.07) is 10.2. The fourth-order valence-electron chi connectivity index (χ4n) is 1.74. The van der Waals surface area contributed by atoms with Crippen molar-refractivity contribution < 1.29 is 5.11 Å². The van der Waals surface area contributed by atoms with Crippen LogP contribution in [0.3, 0.4) is 0 Å². The highest BCUT2D eigenvalue weighted by Gasteiger charge is 2.15. The van der Waals surface area contributed by atoms with Gasteiger partial charge in [-0.3, -0.25) is 4.98 Å². The maximum absolute atomic E-state index is 10.9. The number of halogens is 1. The van der Waals surface area contributed by atoms with Crippen molar-refractivity contribution in [3.63, 3.8) is 0 Å². The summed E-state index contributed by atoms with van der Waals surface area (Å²) in [4.78, 5) is 15.0. The maximum atomic E-state index is 10.9. The Morgan fingerprint density at radius 2 is 2.00 bits per heavy atom. The number of aliphatic hydroxyl groups is 1. The van der Waals surface area contributed by atoms with Crippen molar-refractivity contribution in [2.24, 2.45) is 5.29 Å². The molecule has 0 aliphatic rings. The Bertz CT molecular complexity index is 572. The molecule has 0 radical (unpaired) electrons. The van der Waals surface area contributed by atoms with Gasteiger partial charge in [0, 0.05) is 22.5 Å². The lowest BCUT2D eigenvalue weighted by atomic mass is 10.1. The normalized spacial score (nSPS) is 11.9. The van der Waals surface area contributed by atoms with Crippen LogP contribution in [-0.4, -0.2) is 16.6 Å². The van der Waals surface area contributed by atoms with E-state index in [1.54, 1.807) is 42.6 Å². The van der Waals surface area contributed by atoms with Crippen molar-refractivity contribution in [2.45, 2.75) is 13.0 Å². The summed E-state index contributed by atoms with van der Waals surface area (Å²) in [5.41, 5.74) is 2.07. The van der Waals surface area contributed by atoms with Crippen molar-refractivity contribution in [3.8, 4) is 0 Å². The Balaban J connectivity index is 2.11. The van der Waals surface area contributed by atoms with Gasteiger partial charge in [-0.2, -0.15) is 0 Å². The number of pyridine rings is 1. The summed E-state index contributed by atoms with van der Waals surface area (Å²) >= 11 is 5.79. The average Bonchev–Trinajstić information content (AvgIpc) is 2.46. The molecule has 104 valence electrons. The minimum absolute atomic E-state index is 0.0515. The first-order chi connectivity index (χ1) is 9.60. The van der Waals surface area contributed by atoms with Gasteiger partial charge >= 0.3 is 0 Å². The van der Waals surface area contributed by atoms with Gasteiger partial charge in [0.2, 0.25) is 0 Å². The van der Waals surface area contributed by atoms with E-state index in [2.05, 4.69) is 10.3 Å². The van der Waals surface area contributed by atoms with Crippen molar-refractivity contribution >= 4 is 17.3 Å². The Morgan fingerprint density at radius 3 is 2.55 bits per heavy atom. The molecule has 0 amide bonds. The molecule has 0 fully saturated rings. The molecule has 1 N–H and O–H groups in total. The largest absolute Gasteiger partial charge is 0.386 e. The number of aromatic nitrogens is 1. The van der Waals surface area contributed by atoms with Gasteiger partial charge in [0.25, 0.3) is 0 Å². The standard InChI is InChI=1S/C14H14ClN3O2/c1-10-2-3-11(8-16-10)14(19)9-18(17-20)13-6-4-12(15)5-7-13/h2-8,14,19H,9H2,1H3.